The standard InChI is InChI=1S/C14H12N2O3S/c1-7-3-4-10(19-2)8(5-7)9-6-20-13-11(9)12(17)15-14(18)16-13/h3-6H,1-2H3,(H2,15,16,17,18). The molecule has 102 valence electrons. The number of rotatable bonds is 2. The first-order valence-electron chi connectivity index (χ1n) is 5.99. The zero-order valence-electron chi connectivity index (χ0n) is 10.9. The predicted octanol–water partition coefficient (Wildman–Crippen LogP) is 2.26. The van der Waals surface area contributed by atoms with Crippen LogP contribution in [0.2, 0.25) is 0 Å². The van der Waals surface area contributed by atoms with Crippen LogP contribution in [0.3, 0.4) is 0 Å². The van der Waals surface area contributed by atoms with Gasteiger partial charge in [0.25, 0.3) is 5.56 Å². The van der Waals surface area contributed by atoms with E-state index in [0.29, 0.717) is 16.0 Å². The number of H-pyrrole nitrogens is 2. The van der Waals surface area contributed by atoms with E-state index in [1.165, 1.54) is 11.3 Å². The van der Waals surface area contributed by atoms with Crippen molar-refractivity contribution in [3.8, 4) is 16.9 Å². The Labute approximate surface area is 117 Å². The van der Waals surface area contributed by atoms with Gasteiger partial charge in [-0.2, -0.15) is 0 Å². The molecule has 2 N–H and O–H groups in total. The van der Waals surface area contributed by atoms with Crippen LogP contribution in [0.25, 0.3) is 21.3 Å². The number of benzene rings is 1. The maximum absolute atomic E-state index is 12.0. The second-order valence-electron chi connectivity index (χ2n) is 4.47. The fraction of sp³-hybridized carbons (Fsp3) is 0.143. The molecule has 0 atom stereocenters. The van der Waals surface area contributed by atoms with Gasteiger partial charge in [0.1, 0.15) is 10.6 Å². The highest BCUT2D eigenvalue weighted by Gasteiger charge is 2.15. The number of methoxy groups -OCH3 is 1. The van der Waals surface area contributed by atoms with Gasteiger partial charge in [-0.15, -0.1) is 11.3 Å². The van der Waals surface area contributed by atoms with Crippen molar-refractivity contribution in [3.63, 3.8) is 0 Å². The van der Waals surface area contributed by atoms with Crippen molar-refractivity contribution in [1.29, 1.82) is 0 Å². The van der Waals surface area contributed by atoms with Gasteiger partial charge in [-0.1, -0.05) is 11.6 Å². The molecule has 5 nitrogen and oxygen atoms in total. The minimum absolute atomic E-state index is 0.386. The first kappa shape index (κ1) is 12.7. The van der Waals surface area contributed by atoms with E-state index in [1.807, 2.05) is 30.5 Å². The summed E-state index contributed by atoms with van der Waals surface area (Å²) < 4.78 is 5.36. The smallest absolute Gasteiger partial charge is 0.326 e. The molecule has 0 aliphatic heterocycles. The molecule has 6 heteroatoms. The Bertz CT molecular complexity index is 905. The van der Waals surface area contributed by atoms with Crippen molar-refractivity contribution >= 4 is 21.6 Å². The summed E-state index contributed by atoms with van der Waals surface area (Å²) >= 11 is 1.33. The Morgan fingerprint density at radius 3 is 2.70 bits per heavy atom. The summed E-state index contributed by atoms with van der Waals surface area (Å²) in [5.74, 6) is 0.695. The van der Waals surface area contributed by atoms with Gasteiger partial charge in [0, 0.05) is 16.5 Å². The molecular formula is C14H12N2O3S. The zero-order valence-corrected chi connectivity index (χ0v) is 11.8. The number of nitrogens with one attached hydrogen (secondary N) is 2. The molecule has 2 aromatic heterocycles. The Balaban J connectivity index is 2.39. The number of aryl methyl sites for hydroxylation is 1. The number of ether oxygens (including phenoxy) is 1. The second kappa shape index (κ2) is 4.64. The van der Waals surface area contributed by atoms with Gasteiger partial charge in [-0.05, 0) is 19.1 Å². The Morgan fingerprint density at radius 1 is 1.15 bits per heavy atom. The third-order valence-electron chi connectivity index (χ3n) is 3.12. The van der Waals surface area contributed by atoms with Crippen LogP contribution in [-0.4, -0.2) is 17.1 Å². The lowest BCUT2D eigenvalue weighted by molar-refractivity contribution is 0.416. The van der Waals surface area contributed by atoms with Crippen LogP contribution in [0.1, 0.15) is 5.56 Å². The van der Waals surface area contributed by atoms with Crippen LogP contribution in [0, 0.1) is 6.92 Å². The summed E-state index contributed by atoms with van der Waals surface area (Å²) in [5.41, 5.74) is 1.80. The number of aromatic nitrogens is 2. The van der Waals surface area contributed by atoms with E-state index in [0.717, 1.165) is 16.7 Å². The highest BCUT2D eigenvalue weighted by atomic mass is 32.1. The van der Waals surface area contributed by atoms with E-state index in [4.69, 9.17) is 4.74 Å². The van der Waals surface area contributed by atoms with Gasteiger partial charge in [0.05, 0.1) is 12.5 Å². The molecule has 0 saturated carbocycles. The van der Waals surface area contributed by atoms with Crippen LogP contribution < -0.4 is 16.0 Å². The summed E-state index contributed by atoms with van der Waals surface area (Å²) in [7, 11) is 1.59. The first-order valence-corrected chi connectivity index (χ1v) is 6.87. The van der Waals surface area contributed by atoms with E-state index in [1.54, 1.807) is 7.11 Å². The quantitative estimate of drug-likeness (QED) is 0.759. The minimum atomic E-state index is -0.493. The molecule has 0 spiro atoms. The maximum Gasteiger partial charge on any atom is 0.326 e. The summed E-state index contributed by atoms with van der Waals surface area (Å²) in [4.78, 5) is 28.8. The van der Waals surface area contributed by atoms with Crippen LogP contribution >= 0.6 is 11.3 Å². The molecule has 0 radical (unpaired) electrons. The average Bonchev–Trinajstić information content (AvgIpc) is 2.82. The molecule has 0 unspecified atom stereocenters. The van der Waals surface area contributed by atoms with Crippen LogP contribution in [0.5, 0.6) is 5.75 Å². The van der Waals surface area contributed by atoms with Gasteiger partial charge >= 0.3 is 5.69 Å². The molecule has 0 fully saturated rings. The highest BCUT2D eigenvalue weighted by molar-refractivity contribution is 7.17. The summed E-state index contributed by atoms with van der Waals surface area (Å²) in [6.45, 7) is 1.98. The molecule has 0 amide bonds. The highest BCUT2D eigenvalue weighted by Crippen LogP contribution is 2.36. The minimum Gasteiger partial charge on any atom is -0.496 e. The number of hydrogen-bond acceptors (Lipinski definition) is 4. The Kier molecular flexibility index (Phi) is 2.94. The lowest BCUT2D eigenvalue weighted by Gasteiger charge is -2.08. The summed E-state index contributed by atoms with van der Waals surface area (Å²) in [6, 6.07) is 5.78. The molecule has 0 bridgehead atoms. The largest absolute Gasteiger partial charge is 0.496 e. The van der Waals surface area contributed by atoms with E-state index < -0.39 is 5.69 Å². The molecule has 1 aromatic carbocycles. The maximum atomic E-state index is 12.0. The van der Waals surface area contributed by atoms with Crippen molar-refractivity contribution in [1.82, 2.24) is 9.97 Å². The van der Waals surface area contributed by atoms with Gasteiger partial charge in [0.15, 0.2) is 0 Å². The average molecular weight is 288 g/mol. The van der Waals surface area contributed by atoms with Gasteiger partial charge in [0.2, 0.25) is 0 Å². The van der Waals surface area contributed by atoms with Crippen molar-refractivity contribution < 1.29 is 4.74 Å². The lowest BCUT2D eigenvalue weighted by atomic mass is 10.0. The van der Waals surface area contributed by atoms with Crippen molar-refractivity contribution in [3.05, 3.63) is 50.0 Å². The molecule has 3 rings (SSSR count). The molecular weight excluding hydrogens is 276 g/mol. The lowest BCUT2D eigenvalue weighted by Crippen LogP contribution is -2.21. The van der Waals surface area contributed by atoms with Gasteiger partial charge in [-0.25, -0.2) is 4.79 Å². The van der Waals surface area contributed by atoms with Crippen LogP contribution in [0.4, 0.5) is 0 Å². The van der Waals surface area contributed by atoms with Crippen molar-refractivity contribution in [2.75, 3.05) is 7.11 Å². The van der Waals surface area contributed by atoms with E-state index in [2.05, 4.69) is 9.97 Å². The van der Waals surface area contributed by atoms with Gasteiger partial charge < -0.3 is 4.74 Å². The van der Waals surface area contributed by atoms with E-state index >= 15 is 0 Å². The van der Waals surface area contributed by atoms with Crippen LogP contribution in [0.15, 0.2) is 33.2 Å². The second-order valence-corrected chi connectivity index (χ2v) is 5.35. The molecule has 0 aliphatic rings. The number of fused-ring (bicyclic) bond motifs is 1. The summed E-state index contributed by atoms with van der Waals surface area (Å²) in [6.07, 6.45) is 0. The molecule has 0 aliphatic carbocycles. The van der Waals surface area contributed by atoms with Crippen molar-refractivity contribution in [2.24, 2.45) is 0 Å². The predicted molar refractivity (Wildman–Crippen MR) is 79.8 cm³/mol. The number of thiophene rings is 1. The molecule has 20 heavy (non-hydrogen) atoms. The monoisotopic (exact) mass is 288 g/mol. The number of hydrogen-bond donors (Lipinski definition) is 2. The number of aromatic amines is 2. The third kappa shape index (κ3) is 1.94. The topological polar surface area (TPSA) is 75.0 Å². The fourth-order valence-electron chi connectivity index (χ4n) is 2.21. The Hall–Kier alpha value is -2.34. The SMILES string of the molecule is COc1ccc(C)cc1-c1csc2[nH]c(=O)[nH]c(=O)c12. The summed E-state index contributed by atoms with van der Waals surface area (Å²) in [5, 5.41) is 2.34. The normalized spacial score (nSPS) is 10.9. The molecule has 3 aromatic rings. The first-order chi connectivity index (χ1) is 9.60. The van der Waals surface area contributed by atoms with Gasteiger partial charge in [-0.3, -0.25) is 14.8 Å². The molecule has 2 heterocycles. The molecule has 0 saturated heterocycles. The van der Waals surface area contributed by atoms with Crippen molar-refractivity contribution in [2.45, 2.75) is 6.92 Å². The van der Waals surface area contributed by atoms with E-state index in [9.17, 15) is 9.59 Å². The third-order valence-corrected chi connectivity index (χ3v) is 4.01. The Morgan fingerprint density at radius 2 is 1.95 bits per heavy atom. The fourth-order valence-corrected chi connectivity index (χ4v) is 3.16. The van der Waals surface area contributed by atoms with E-state index in [-0.39, 0.29) is 5.56 Å². The van der Waals surface area contributed by atoms with Crippen LogP contribution in [-0.2, 0) is 0 Å². The zero-order chi connectivity index (χ0) is 14.3.